The number of carbonyl (C=O) groups excluding carboxylic acids is 1. The number of benzene rings is 1. The van der Waals surface area contributed by atoms with Crippen molar-refractivity contribution in [1.82, 2.24) is 24.7 Å². The second kappa shape index (κ2) is 8.65. The number of H-pyrrole nitrogens is 1. The largest absolute Gasteiger partial charge is 0.320 e. The third-order valence-electron chi connectivity index (χ3n) is 5.11. The number of nitrogens with zero attached hydrogens (tertiary/aromatic N) is 4. The van der Waals surface area contributed by atoms with Crippen LogP contribution in [0.15, 0.2) is 29.2 Å². The number of anilines is 1. The first-order valence-corrected chi connectivity index (χ1v) is 12.3. The number of aromatic amines is 1. The molecular weight excluding hydrogens is 460 g/mol. The Morgan fingerprint density at radius 1 is 1.32 bits per heavy atom. The minimum absolute atomic E-state index is 0.124. The molecule has 3 heterocycles. The van der Waals surface area contributed by atoms with Crippen molar-refractivity contribution in [3.8, 4) is 0 Å². The Balaban J connectivity index is 1.49. The zero-order chi connectivity index (χ0) is 22.2. The Bertz CT molecular complexity index is 1200. The topological polar surface area (TPSA) is 121 Å². The summed E-state index contributed by atoms with van der Waals surface area (Å²) in [5, 5.41) is 19.1. The van der Waals surface area contributed by atoms with Gasteiger partial charge in [0.05, 0.1) is 11.4 Å². The van der Waals surface area contributed by atoms with Crippen LogP contribution >= 0.6 is 22.9 Å². The molecule has 1 aromatic carbocycles. The number of aromatic nitrogens is 4. The highest BCUT2D eigenvalue weighted by molar-refractivity contribution is 7.89. The van der Waals surface area contributed by atoms with Crippen molar-refractivity contribution >= 4 is 44.6 Å². The fourth-order valence-electron chi connectivity index (χ4n) is 3.65. The van der Waals surface area contributed by atoms with E-state index in [0.717, 1.165) is 6.42 Å². The van der Waals surface area contributed by atoms with Crippen molar-refractivity contribution in [2.75, 3.05) is 18.4 Å². The molecule has 31 heavy (non-hydrogen) atoms. The van der Waals surface area contributed by atoms with Crippen molar-refractivity contribution in [1.29, 1.82) is 0 Å². The maximum absolute atomic E-state index is 13.2. The highest BCUT2D eigenvalue weighted by Crippen LogP contribution is 2.33. The van der Waals surface area contributed by atoms with Gasteiger partial charge in [0.15, 0.2) is 0 Å². The lowest BCUT2D eigenvalue weighted by molar-refractivity contribution is 0.102. The molecule has 4 rings (SSSR count). The summed E-state index contributed by atoms with van der Waals surface area (Å²) in [4.78, 5) is 12.7. The van der Waals surface area contributed by atoms with Gasteiger partial charge in [-0.2, -0.15) is 9.40 Å². The van der Waals surface area contributed by atoms with Crippen LogP contribution in [0.5, 0.6) is 0 Å². The van der Waals surface area contributed by atoms with Gasteiger partial charge in [-0.1, -0.05) is 29.0 Å². The smallest absolute Gasteiger partial charge is 0.286 e. The lowest BCUT2D eigenvalue weighted by atomic mass is 10.0. The number of hydrogen-bond acceptors (Lipinski definition) is 7. The number of amides is 1. The number of rotatable bonds is 5. The van der Waals surface area contributed by atoms with E-state index in [4.69, 9.17) is 11.6 Å². The lowest BCUT2D eigenvalue weighted by Gasteiger charge is -2.30. The van der Waals surface area contributed by atoms with Crippen LogP contribution in [0, 0.1) is 13.8 Å². The van der Waals surface area contributed by atoms with E-state index in [1.165, 1.54) is 15.6 Å². The molecule has 1 fully saturated rings. The van der Waals surface area contributed by atoms with E-state index in [0.29, 0.717) is 40.1 Å². The summed E-state index contributed by atoms with van der Waals surface area (Å²) in [6, 6.07) is 6.83. The molecule has 1 aliphatic rings. The summed E-state index contributed by atoms with van der Waals surface area (Å²) < 4.78 is 27.8. The SMILES string of the molecule is Cc1n[nH]c(C)c1S(=O)(=O)N1CCC[C@H](c2nnc(C(=O)Nc3cccc(Cl)c3)s2)C1. The van der Waals surface area contributed by atoms with E-state index < -0.39 is 10.0 Å². The van der Waals surface area contributed by atoms with E-state index >= 15 is 0 Å². The van der Waals surface area contributed by atoms with Gasteiger partial charge in [-0.25, -0.2) is 8.42 Å². The van der Waals surface area contributed by atoms with Crippen LogP contribution in [0.1, 0.15) is 45.0 Å². The van der Waals surface area contributed by atoms with Crippen molar-refractivity contribution in [3.63, 3.8) is 0 Å². The molecule has 2 N–H and O–H groups in total. The fourth-order valence-corrected chi connectivity index (χ4v) is 6.56. The van der Waals surface area contributed by atoms with Gasteiger partial charge >= 0.3 is 0 Å². The van der Waals surface area contributed by atoms with Gasteiger partial charge < -0.3 is 5.32 Å². The van der Waals surface area contributed by atoms with E-state index in [2.05, 4.69) is 25.7 Å². The van der Waals surface area contributed by atoms with Gasteiger partial charge in [0, 0.05) is 29.7 Å². The first kappa shape index (κ1) is 21.9. The van der Waals surface area contributed by atoms with Gasteiger partial charge in [0.1, 0.15) is 9.90 Å². The second-order valence-corrected chi connectivity index (χ2v) is 10.7. The quantitative estimate of drug-likeness (QED) is 0.577. The molecule has 0 spiro atoms. The van der Waals surface area contributed by atoms with Crippen LogP contribution in [0.2, 0.25) is 5.02 Å². The van der Waals surface area contributed by atoms with Crippen molar-refractivity contribution < 1.29 is 13.2 Å². The summed E-state index contributed by atoms with van der Waals surface area (Å²) in [6.07, 6.45) is 1.48. The number of carbonyl (C=O) groups is 1. The summed E-state index contributed by atoms with van der Waals surface area (Å²) in [7, 11) is -3.67. The molecule has 9 nitrogen and oxygen atoms in total. The van der Waals surface area contributed by atoms with Crippen molar-refractivity contribution in [2.24, 2.45) is 0 Å². The number of halogens is 1. The Hall–Kier alpha value is -2.34. The molecule has 3 aromatic rings. The third kappa shape index (κ3) is 4.49. The van der Waals surface area contributed by atoms with Gasteiger partial charge in [-0.05, 0) is 44.9 Å². The summed E-state index contributed by atoms with van der Waals surface area (Å²) >= 11 is 7.13. The minimum atomic E-state index is -3.67. The van der Waals surface area contributed by atoms with Gasteiger partial charge in [0.25, 0.3) is 5.91 Å². The predicted molar refractivity (Wildman–Crippen MR) is 118 cm³/mol. The second-order valence-electron chi connectivity index (χ2n) is 7.38. The average Bonchev–Trinajstić information content (AvgIpc) is 3.35. The molecule has 0 unspecified atom stereocenters. The maximum Gasteiger partial charge on any atom is 0.286 e. The number of hydrogen-bond donors (Lipinski definition) is 2. The Labute approximate surface area is 188 Å². The third-order valence-corrected chi connectivity index (χ3v) is 8.56. The Kier molecular flexibility index (Phi) is 6.11. The number of piperidine rings is 1. The van der Waals surface area contributed by atoms with Crippen LogP contribution in [-0.2, 0) is 10.0 Å². The Morgan fingerprint density at radius 2 is 2.13 bits per heavy atom. The lowest BCUT2D eigenvalue weighted by Crippen LogP contribution is -2.39. The highest BCUT2D eigenvalue weighted by atomic mass is 35.5. The van der Waals surface area contributed by atoms with E-state index in [9.17, 15) is 13.2 Å². The van der Waals surface area contributed by atoms with Crippen LogP contribution in [0.25, 0.3) is 0 Å². The van der Waals surface area contributed by atoms with E-state index in [1.54, 1.807) is 38.1 Å². The molecule has 1 saturated heterocycles. The molecule has 1 aliphatic heterocycles. The molecule has 2 aromatic heterocycles. The van der Waals surface area contributed by atoms with Gasteiger partial charge in [0.2, 0.25) is 15.0 Å². The molecule has 0 radical (unpaired) electrons. The van der Waals surface area contributed by atoms with E-state index in [-0.39, 0.29) is 28.3 Å². The first-order valence-electron chi connectivity index (χ1n) is 9.67. The molecule has 1 amide bonds. The molecule has 0 saturated carbocycles. The minimum Gasteiger partial charge on any atom is -0.320 e. The molecular formula is C19H21ClN6O3S2. The fraction of sp³-hybridized carbons (Fsp3) is 0.368. The van der Waals surface area contributed by atoms with Crippen molar-refractivity contribution in [3.05, 3.63) is 50.7 Å². The Morgan fingerprint density at radius 3 is 2.84 bits per heavy atom. The molecule has 12 heteroatoms. The number of sulfonamides is 1. The highest BCUT2D eigenvalue weighted by Gasteiger charge is 2.35. The van der Waals surface area contributed by atoms with Crippen LogP contribution in [0.4, 0.5) is 5.69 Å². The van der Waals surface area contributed by atoms with Crippen LogP contribution < -0.4 is 5.32 Å². The average molecular weight is 481 g/mol. The number of nitrogens with one attached hydrogen (secondary N) is 2. The normalized spacial score (nSPS) is 17.6. The van der Waals surface area contributed by atoms with Gasteiger partial charge in [-0.15, -0.1) is 10.2 Å². The van der Waals surface area contributed by atoms with Crippen LogP contribution in [-0.4, -0.2) is 52.1 Å². The standard InChI is InChI=1S/C19H21ClN6O3S2/c1-11-16(12(2)23-22-11)31(28,29)26-8-4-5-13(10-26)18-24-25-19(30-18)17(27)21-15-7-3-6-14(20)9-15/h3,6-7,9,13H,4-5,8,10H2,1-2H3,(H,21,27)(H,22,23)/t13-/m0/s1. The summed E-state index contributed by atoms with van der Waals surface area (Å²) in [5.74, 6) is -0.503. The van der Waals surface area contributed by atoms with Gasteiger partial charge in [-0.3, -0.25) is 9.89 Å². The maximum atomic E-state index is 13.2. The first-order chi connectivity index (χ1) is 14.8. The predicted octanol–water partition coefficient (Wildman–Crippen LogP) is 3.35. The van der Waals surface area contributed by atoms with Crippen LogP contribution in [0.3, 0.4) is 0 Å². The van der Waals surface area contributed by atoms with Crippen molar-refractivity contribution in [2.45, 2.75) is 37.5 Å². The monoisotopic (exact) mass is 480 g/mol. The zero-order valence-corrected chi connectivity index (χ0v) is 19.3. The van der Waals surface area contributed by atoms with E-state index in [1.807, 2.05) is 0 Å². The number of aryl methyl sites for hydroxylation is 2. The zero-order valence-electron chi connectivity index (χ0n) is 16.9. The molecule has 1 atom stereocenters. The summed E-state index contributed by atoms with van der Waals surface area (Å²) in [5.41, 5.74) is 1.54. The summed E-state index contributed by atoms with van der Waals surface area (Å²) in [6.45, 7) is 4.10. The molecule has 0 bridgehead atoms. The molecule has 0 aliphatic carbocycles. The molecule has 164 valence electrons.